The van der Waals surface area contributed by atoms with Gasteiger partial charge in [0.25, 0.3) is 0 Å². The van der Waals surface area contributed by atoms with Gasteiger partial charge >= 0.3 is 0 Å². The highest BCUT2D eigenvalue weighted by Gasteiger charge is 2.15. The number of hydrogen-bond acceptors (Lipinski definition) is 1. The molecule has 2 aromatic carbocycles. The highest BCUT2D eigenvalue weighted by atomic mass is 79.9. The van der Waals surface area contributed by atoms with Crippen molar-refractivity contribution < 1.29 is 0 Å². The summed E-state index contributed by atoms with van der Waals surface area (Å²) < 4.78 is 2.44. The predicted octanol–water partition coefficient (Wildman–Crippen LogP) is 6.42. The minimum absolute atomic E-state index is 1.04. The summed E-state index contributed by atoms with van der Waals surface area (Å²) in [5.41, 5.74) is 5.49. The summed E-state index contributed by atoms with van der Waals surface area (Å²) in [6, 6.07) is 13.5. The average molecular weight is 420 g/mol. The second-order valence-electron chi connectivity index (χ2n) is 5.25. The van der Waals surface area contributed by atoms with E-state index < -0.39 is 0 Å². The second-order valence-corrected chi connectivity index (χ2v) is 8.11. The Balaban J connectivity index is 1.65. The summed E-state index contributed by atoms with van der Waals surface area (Å²) >= 11 is 9.11. The van der Waals surface area contributed by atoms with Crippen molar-refractivity contribution in [2.24, 2.45) is 0 Å². The van der Waals surface area contributed by atoms with Crippen LogP contribution in [0.2, 0.25) is 0 Å². The molecule has 2 aliphatic carbocycles. The van der Waals surface area contributed by atoms with Gasteiger partial charge in [0.05, 0.1) is 0 Å². The highest BCUT2D eigenvalue weighted by molar-refractivity contribution is 9.15. The molecule has 0 radical (unpaired) electrons. The number of allylic oxidation sites excluding steroid dienone is 2. The lowest BCUT2D eigenvalue weighted by Crippen LogP contribution is -1.85. The zero-order valence-electron chi connectivity index (χ0n) is 11.2. The third kappa shape index (κ3) is 2.56. The Hall–Kier alpha value is -0.770. The van der Waals surface area contributed by atoms with Gasteiger partial charge in [-0.2, -0.15) is 0 Å². The van der Waals surface area contributed by atoms with E-state index in [9.17, 15) is 0 Å². The second kappa shape index (κ2) is 5.45. The Labute approximate surface area is 145 Å². The van der Waals surface area contributed by atoms with Crippen molar-refractivity contribution >= 4 is 52.6 Å². The Morgan fingerprint density at radius 2 is 1.19 bits per heavy atom. The van der Waals surface area contributed by atoms with Crippen molar-refractivity contribution in [1.82, 2.24) is 0 Å². The number of benzene rings is 2. The first-order valence-electron chi connectivity index (χ1n) is 6.86. The molecule has 0 bridgehead atoms. The van der Waals surface area contributed by atoms with E-state index in [-0.39, 0.29) is 0 Å². The van der Waals surface area contributed by atoms with Crippen LogP contribution in [0.15, 0.2) is 58.3 Å². The maximum absolute atomic E-state index is 3.64. The average Bonchev–Trinajstić information content (AvgIpc) is 3.04. The van der Waals surface area contributed by atoms with Crippen LogP contribution in [0.1, 0.15) is 22.3 Å². The van der Waals surface area contributed by atoms with Crippen LogP contribution < -0.4 is 0 Å². The molecule has 0 unspecified atom stereocenters. The smallest absolute Gasteiger partial charge is 0.0214 e. The minimum Gasteiger partial charge on any atom is -0.0901 e. The van der Waals surface area contributed by atoms with Gasteiger partial charge in [-0.05, 0) is 59.4 Å². The van der Waals surface area contributed by atoms with Crippen LogP contribution in [0, 0.1) is 0 Å². The van der Waals surface area contributed by atoms with Gasteiger partial charge in [-0.1, -0.05) is 67.9 Å². The van der Waals surface area contributed by atoms with Crippen molar-refractivity contribution in [3.8, 4) is 0 Å². The normalized spacial score (nSPS) is 15.5. The molecule has 0 aromatic heterocycles. The summed E-state index contributed by atoms with van der Waals surface area (Å²) in [6.07, 6.45) is 6.54. The summed E-state index contributed by atoms with van der Waals surface area (Å²) in [7, 11) is 0. The predicted molar refractivity (Wildman–Crippen MR) is 98.2 cm³/mol. The van der Waals surface area contributed by atoms with E-state index in [2.05, 4.69) is 80.4 Å². The molecular formula is C18H12Br2S. The third-order valence-electron chi connectivity index (χ3n) is 3.92. The van der Waals surface area contributed by atoms with Crippen molar-refractivity contribution in [2.45, 2.75) is 22.6 Å². The molecule has 104 valence electrons. The Kier molecular flexibility index (Phi) is 3.60. The molecule has 0 fully saturated rings. The number of halogens is 2. The van der Waals surface area contributed by atoms with E-state index >= 15 is 0 Å². The monoisotopic (exact) mass is 418 g/mol. The van der Waals surface area contributed by atoms with Crippen molar-refractivity contribution in [3.63, 3.8) is 0 Å². The van der Waals surface area contributed by atoms with Gasteiger partial charge in [0.1, 0.15) is 0 Å². The number of fused-ring (bicyclic) bond motifs is 2. The maximum Gasteiger partial charge on any atom is 0.0214 e. The molecule has 0 N–H and O–H groups in total. The zero-order chi connectivity index (χ0) is 14.4. The van der Waals surface area contributed by atoms with Crippen molar-refractivity contribution in [1.29, 1.82) is 0 Å². The largest absolute Gasteiger partial charge is 0.0901 e. The summed E-state index contributed by atoms with van der Waals surface area (Å²) in [5, 5.41) is 0. The lowest BCUT2D eigenvalue weighted by atomic mass is 10.1. The lowest BCUT2D eigenvalue weighted by molar-refractivity contribution is 1.26. The SMILES string of the molecule is BrC1=CCc2ccc(Sc3ccc4c(c3)C(Br)=CC4)cc21. The van der Waals surface area contributed by atoms with Gasteiger partial charge in [-0.3, -0.25) is 0 Å². The zero-order valence-corrected chi connectivity index (χ0v) is 15.2. The summed E-state index contributed by atoms with van der Waals surface area (Å²) in [5.74, 6) is 0. The van der Waals surface area contributed by atoms with E-state index in [1.54, 1.807) is 0 Å². The first-order chi connectivity index (χ1) is 10.2. The molecular weight excluding hydrogens is 408 g/mol. The first kappa shape index (κ1) is 13.9. The topological polar surface area (TPSA) is 0 Å². The van der Waals surface area contributed by atoms with Gasteiger partial charge in [-0.15, -0.1) is 0 Å². The third-order valence-corrected chi connectivity index (χ3v) is 6.40. The standard InChI is InChI=1S/C18H12Br2S/c19-17-7-3-11-1-5-13(9-15(11)17)21-14-6-2-12-4-8-18(20)16(12)10-14/h1-2,5-10H,3-4H2. The summed E-state index contributed by atoms with van der Waals surface area (Å²) in [4.78, 5) is 2.58. The Morgan fingerprint density at radius 1 is 0.714 bits per heavy atom. The maximum atomic E-state index is 3.64. The van der Waals surface area contributed by atoms with E-state index in [4.69, 9.17) is 0 Å². The first-order valence-corrected chi connectivity index (χ1v) is 9.27. The van der Waals surface area contributed by atoms with Gasteiger partial charge in [0.15, 0.2) is 0 Å². The molecule has 0 spiro atoms. The minimum atomic E-state index is 1.04. The fourth-order valence-corrected chi connectivity index (χ4v) is 4.75. The summed E-state index contributed by atoms with van der Waals surface area (Å²) in [6.45, 7) is 0. The molecule has 2 aliphatic rings. The molecule has 21 heavy (non-hydrogen) atoms. The molecule has 4 rings (SSSR count). The van der Waals surface area contributed by atoms with E-state index in [1.165, 1.54) is 41.0 Å². The van der Waals surface area contributed by atoms with Crippen LogP contribution in [-0.2, 0) is 12.8 Å². The van der Waals surface area contributed by atoms with E-state index in [1.807, 2.05) is 11.8 Å². The molecule has 0 nitrogen and oxygen atoms in total. The van der Waals surface area contributed by atoms with Crippen molar-refractivity contribution in [3.05, 3.63) is 70.8 Å². The van der Waals surface area contributed by atoms with Crippen molar-refractivity contribution in [2.75, 3.05) is 0 Å². The molecule has 0 saturated carbocycles. The number of rotatable bonds is 2. The van der Waals surface area contributed by atoms with Crippen LogP contribution >= 0.6 is 43.6 Å². The fraction of sp³-hybridized carbons (Fsp3) is 0.111. The molecule has 3 heteroatoms. The lowest BCUT2D eigenvalue weighted by Gasteiger charge is -2.08. The fourth-order valence-electron chi connectivity index (χ4n) is 2.79. The van der Waals surface area contributed by atoms with Crippen LogP contribution in [0.3, 0.4) is 0 Å². The molecule has 2 aromatic rings. The Morgan fingerprint density at radius 3 is 1.67 bits per heavy atom. The van der Waals surface area contributed by atoms with Crippen LogP contribution in [0.4, 0.5) is 0 Å². The molecule has 0 heterocycles. The van der Waals surface area contributed by atoms with Gasteiger partial charge in [0, 0.05) is 18.8 Å². The molecule has 0 amide bonds. The Bertz CT molecular complexity index is 735. The van der Waals surface area contributed by atoms with Gasteiger partial charge in [-0.25, -0.2) is 0 Å². The van der Waals surface area contributed by atoms with Crippen LogP contribution in [-0.4, -0.2) is 0 Å². The quantitative estimate of drug-likeness (QED) is 0.540. The van der Waals surface area contributed by atoms with Gasteiger partial charge in [0.2, 0.25) is 0 Å². The van der Waals surface area contributed by atoms with Gasteiger partial charge < -0.3 is 0 Å². The molecule has 0 saturated heterocycles. The molecule has 0 aliphatic heterocycles. The van der Waals surface area contributed by atoms with Crippen LogP contribution in [0.25, 0.3) is 8.96 Å². The van der Waals surface area contributed by atoms with E-state index in [0.717, 1.165) is 12.8 Å². The molecule has 0 atom stereocenters. The number of hydrogen-bond donors (Lipinski definition) is 0. The van der Waals surface area contributed by atoms with E-state index in [0.29, 0.717) is 0 Å². The highest BCUT2D eigenvalue weighted by Crippen LogP contribution is 2.39. The van der Waals surface area contributed by atoms with Crippen LogP contribution in [0.5, 0.6) is 0 Å².